The number of nitrogens with one attached hydrogen (secondary N) is 1. The first-order valence-electron chi connectivity index (χ1n) is 8.15. The number of benzene rings is 2. The largest absolute Gasteiger partial charge is 0.497 e. The van der Waals surface area contributed by atoms with Gasteiger partial charge in [-0.05, 0) is 48.4 Å². The van der Waals surface area contributed by atoms with Crippen molar-refractivity contribution >= 4 is 17.5 Å². The lowest BCUT2D eigenvalue weighted by Gasteiger charge is -2.22. The van der Waals surface area contributed by atoms with Crippen molar-refractivity contribution < 1.29 is 13.9 Å². The third-order valence-electron chi connectivity index (χ3n) is 4.58. The number of carbonyl (C=O) groups is 1. The monoisotopic (exact) mass is 352 g/mol. The Balaban J connectivity index is 1.69. The molecule has 2 heterocycles. The van der Waals surface area contributed by atoms with E-state index < -0.39 is 0 Å². The minimum atomic E-state index is -0.360. The molecule has 0 aliphatic carbocycles. The highest BCUT2D eigenvalue weighted by atomic mass is 19.1. The standard InChI is InChI=1S/C19H17FN4O2/c1-26-14-8-2-11(3-9-14)15-10-16-17(21)24(23-18(16)22-19(15)25)13-6-4-12(20)5-7-13/h2-9,15H,10,21H2,1H3,(H,22,23,25). The van der Waals surface area contributed by atoms with E-state index in [9.17, 15) is 9.18 Å². The highest BCUT2D eigenvalue weighted by Crippen LogP contribution is 2.35. The van der Waals surface area contributed by atoms with Crippen LogP contribution in [0.4, 0.5) is 16.0 Å². The lowest BCUT2D eigenvalue weighted by molar-refractivity contribution is -0.117. The maximum absolute atomic E-state index is 13.1. The Labute approximate surface area is 149 Å². The smallest absolute Gasteiger partial charge is 0.233 e. The van der Waals surface area contributed by atoms with Crippen LogP contribution in [0, 0.1) is 5.82 Å². The summed E-state index contributed by atoms with van der Waals surface area (Å²) in [4.78, 5) is 12.5. The first-order valence-corrected chi connectivity index (χ1v) is 8.15. The summed E-state index contributed by atoms with van der Waals surface area (Å²) in [5, 5.41) is 7.20. The third-order valence-corrected chi connectivity index (χ3v) is 4.58. The number of carbonyl (C=O) groups excluding carboxylic acids is 1. The molecule has 1 unspecified atom stereocenters. The molecule has 0 radical (unpaired) electrons. The fourth-order valence-electron chi connectivity index (χ4n) is 3.15. The van der Waals surface area contributed by atoms with E-state index in [1.807, 2.05) is 24.3 Å². The van der Waals surface area contributed by atoms with Crippen LogP contribution in [0.1, 0.15) is 17.0 Å². The Bertz CT molecular complexity index is 964. The van der Waals surface area contributed by atoms with E-state index in [1.165, 1.54) is 16.8 Å². The molecular weight excluding hydrogens is 335 g/mol. The van der Waals surface area contributed by atoms with Gasteiger partial charge >= 0.3 is 0 Å². The lowest BCUT2D eigenvalue weighted by atomic mass is 9.89. The Hall–Kier alpha value is -3.35. The number of ether oxygens (including phenoxy) is 1. The molecule has 0 spiro atoms. The van der Waals surface area contributed by atoms with Gasteiger partial charge in [-0.1, -0.05) is 12.1 Å². The van der Waals surface area contributed by atoms with Gasteiger partial charge in [0.1, 0.15) is 17.4 Å². The normalized spacial score (nSPS) is 16.1. The summed E-state index contributed by atoms with van der Waals surface area (Å²) in [5.74, 6) is 0.783. The van der Waals surface area contributed by atoms with Crippen LogP contribution in [0.3, 0.4) is 0 Å². The van der Waals surface area contributed by atoms with Crippen LogP contribution in [-0.4, -0.2) is 22.8 Å². The molecule has 1 aromatic heterocycles. The van der Waals surface area contributed by atoms with Crippen molar-refractivity contribution in [2.75, 3.05) is 18.2 Å². The minimum Gasteiger partial charge on any atom is -0.497 e. The molecule has 0 saturated carbocycles. The number of fused-ring (bicyclic) bond motifs is 1. The van der Waals surface area contributed by atoms with E-state index in [-0.39, 0.29) is 17.6 Å². The molecule has 1 amide bonds. The maximum Gasteiger partial charge on any atom is 0.233 e. The molecule has 0 saturated heterocycles. The van der Waals surface area contributed by atoms with Crippen LogP contribution in [0.15, 0.2) is 48.5 Å². The van der Waals surface area contributed by atoms with Crippen molar-refractivity contribution in [3.63, 3.8) is 0 Å². The predicted octanol–water partition coefficient (Wildman–Crippen LogP) is 2.88. The number of nitrogens with zero attached hydrogens (tertiary/aromatic N) is 2. The lowest BCUT2D eigenvalue weighted by Crippen LogP contribution is -2.28. The van der Waals surface area contributed by atoms with E-state index in [2.05, 4.69) is 10.4 Å². The summed E-state index contributed by atoms with van der Waals surface area (Å²) >= 11 is 0. The molecular formula is C19H17FN4O2. The van der Waals surface area contributed by atoms with Gasteiger partial charge < -0.3 is 15.8 Å². The number of nitrogen functional groups attached to an aromatic ring is 1. The zero-order chi connectivity index (χ0) is 18.3. The van der Waals surface area contributed by atoms with Gasteiger partial charge in [0, 0.05) is 5.56 Å². The average molecular weight is 352 g/mol. The van der Waals surface area contributed by atoms with Crippen molar-refractivity contribution in [2.24, 2.45) is 0 Å². The zero-order valence-electron chi connectivity index (χ0n) is 14.1. The minimum absolute atomic E-state index is 0.133. The van der Waals surface area contributed by atoms with Gasteiger partial charge in [-0.25, -0.2) is 9.07 Å². The first kappa shape index (κ1) is 16.1. The van der Waals surface area contributed by atoms with Crippen molar-refractivity contribution in [3.8, 4) is 11.4 Å². The molecule has 2 aromatic carbocycles. The number of nitrogens with two attached hydrogens (primary N) is 1. The van der Waals surface area contributed by atoms with Crippen molar-refractivity contribution in [2.45, 2.75) is 12.3 Å². The number of aromatic nitrogens is 2. The van der Waals surface area contributed by atoms with E-state index in [0.29, 0.717) is 23.7 Å². The third kappa shape index (κ3) is 2.67. The van der Waals surface area contributed by atoms with E-state index in [4.69, 9.17) is 10.5 Å². The van der Waals surface area contributed by atoms with Gasteiger partial charge in [-0.2, -0.15) is 0 Å². The van der Waals surface area contributed by atoms with Crippen molar-refractivity contribution in [1.29, 1.82) is 0 Å². The highest BCUT2D eigenvalue weighted by molar-refractivity contribution is 5.99. The summed E-state index contributed by atoms with van der Waals surface area (Å²) in [6.07, 6.45) is 0.445. The molecule has 0 fully saturated rings. The Morgan fingerprint density at radius 2 is 1.88 bits per heavy atom. The second kappa shape index (κ2) is 6.18. The summed E-state index contributed by atoms with van der Waals surface area (Å²) in [5.41, 5.74) is 8.54. The number of hydrogen-bond acceptors (Lipinski definition) is 4. The molecule has 132 valence electrons. The van der Waals surface area contributed by atoms with E-state index in [1.54, 1.807) is 19.2 Å². The zero-order valence-corrected chi connectivity index (χ0v) is 14.1. The second-order valence-corrected chi connectivity index (χ2v) is 6.12. The summed E-state index contributed by atoms with van der Waals surface area (Å²) < 4.78 is 19.8. The fraction of sp³-hybridized carbons (Fsp3) is 0.158. The van der Waals surface area contributed by atoms with Gasteiger partial charge in [-0.3, -0.25) is 4.79 Å². The van der Waals surface area contributed by atoms with E-state index in [0.717, 1.165) is 16.9 Å². The van der Waals surface area contributed by atoms with Crippen LogP contribution >= 0.6 is 0 Å². The first-order chi connectivity index (χ1) is 12.6. The van der Waals surface area contributed by atoms with Crippen molar-refractivity contribution in [3.05, 3.63) is 65.5 Å². The second-order valence-electron chi connectivity index (χ2n) is 6.12. The summed E-state index contributed by atoms with van der Waals surface area (Å²) in [7, 11) is 1.60. The van der Waals surface area contributed by atoms with Crippen LogP contribution in [0.2, 0.25) is 0 Å². The molecule has 26 heavy (non-hydrogen) atoms. The van der Waals surface area contributed by atoms with E-state index >= 15 is 0 Å². The Kier molecular flexibility index (Phi) is 3.84. The molecule has 0 bridgehead atoms. The van der Waals surface area contributed by atoms with Crippen LogP contribution < -0.4 is 15.8 Å². The van der Waals surface area contributed by atoms with Crippen LogP contribution in [0.5, 0.6) is 5.75 Å². The number of hydrogen-bond donors (Lipinski definition) is 2. The molecule has 1 atom stereocenters. The van der Waals surface area contributed by atoms with Crippen LogP contribution in [0.25, 0.3) is 5.69 Å². The molecule has 4 rings (SSSR count). The Morgan fingerprint density at radius 3 is 2.54 bits per heavy atom. The molecule has 1 aliphatic heterocycles. The molecule has 3 N–H and O–H groups in total. The number of methoxy groups -OCH3 is 1. The summed E-state index contributed by atoms with van der Waals surface area (Å²) in [6, 6.07) is 13.2. The van der Waals surface area contributed by atoms with Gasteiger partial charge in [0.25, 0.3) is 0 Å². The number of amides is 1. The van der Waals surface area contributed by atoms with Gasteiger partial charge in [0.2, 0.25) is 5.91 Å². The van der Waals surface area contributed by atoms with Gasteiger partial charge in [0.05, 0.1) is 18.7 Å². The number of anilines is 2. The van der Waals surface area contributed by atoms with Gasteiger partial charge in [-0.15, -0.1) is 5.10 Å². The van der Waals surface area contributed by atoms with Gasteiger partial charge in [0.15, 0.2) is 5.82 Å². The fourth-order valence-corrected chi connectivity index (χ4v) is 3.15. The quantitative estimate of drug-likeness (QED) is 0.759. The van der Waals surface area contributed by atoms with Crippen LogP contribution in [-0.2, 0) is 11.2 Å². The molecule has 1 aliphatic rings. The molecule has 6 nitrogen and oxygen atoms in total. The Morgan fingerprint density at radius 1 is 1.19 bits per heavy atom. The highest BCUT2D eigenvalue weighted by Gasteiger charge is 2.32. The maximum atomic E-state index is 13.1. The SMILES string of the molecule is COc1ccc(C2Cc3c(nn(-c4ccc(F)cc4)c3N)NC2=O)cc1. The topological polar surface area (TPSA) is 82.2 Å². The van der Waals surface area contributed by atoms with Crippen molar-refractivity contribution in [1.82, 2.24) is 9.78 Å². The molecule has 7 heteroatoms. The summed E-state index contributed by atoms with van der Waals surface area (Å²) in [6.45, 7) is 0. The average Bonchev–Trinajstić information content (AvgIpc) is 2.97. The molecule has 3 aromatic rings. The number of halogens is 1. The number of rotatable bonds is 3. The predicted molar refractivity (Wildman–Crippen MR) is 96.0 cm³/mol.